The maximum Gasteiger partial charge on any atom is 0.274 e. The summed E-state index contributed by atoms with van der Waals surface area (Å²) >= 11 is 1.66. The van der Waals surface area contributed by atoms with Crippen molar-refractivity contribution in [3.63, 3.8) is 0 Å². The zero-order valence-corrected chi connectivity index (χ0v) is 16.8. The van der Waals surface area contributed by atoms with Crippen molar-refractivity contribution in [2.75, 3.05) is 6.54 Å². The van der Waals surface area contributed by atoms with Crippen LogP contribution in [0.15, 0.2) is 41.2 Å². The predicted molar refractivity (Wildman–Crippen MR) is 111 cm³/mol. The number of aromatic nitrogens is 3. The van der Waals surface area contributed by atoms with E-state index in [1.807, 2.05) is 23.1 Å². The van der Waals surface area contributed by atoms with Crippen LogP contribution in [0.25, 0.3) is 10.2 Å². The van der Waals surface area contributed by atoms with Gasteiger partial charge in [0.25, 0.3) is 11.5 Å². The second-order valence-corrected chi connectivity index (χ2v) is 8.23. The Balaban J connectivity index is 1.64. The molecule has 1 aliphatic heterocycles. The quantitative estimate of drug-likeness (QED) is 0.653. The number of piperidine rings is 1. The van der Waals surface area contributed by atoms with Crippen molar-refractivity contribution in [3.05, 3.63) is 57.5 Å². The van der Waals surface area contributed by atoms with Gasteiger partial charge in [0, 0.05) is 19.2 Å². The molecule has 1 aliphatic rings. The van der Waals surface area contributed by atoms with Gasteiger partial charge in [0.15, 0.2) is 0 Å². The van der Waals surface area contributed by atoms with Crippen molar-refractivity contribution in [1.82, 2.24) is 19.7 Å². The molecule has 0 radical (unpaired) electrons. The van der Waals surface area contributed by atoms with Crippen molar-refractivity contribution < 1.29 is 4.79 Å². The Morgan fingerprint density at radius 3 is 2.89 bits per heavy atom. The third-order valence-corrected chi connectivity index (χ3v) is 6.31. The summed E-state index contributed by atoms with van der Waals surface area (Å²) in [5.41, 5.74) is 1.15. The van der Waals surface area contributed by atoms with Gasteiger partial charge in [0.05, 0.1) is 16.3 Å². The highest BCUT2D eigenvalue weighted by Crippen LogP contribution is 2.36. The number of unbranched alkanes of at least 4 members (excludes halogenated alkanes) is 1. The number of aryl methyl sites for hydroxylation is 1. The van der Waals surface area contributed by atoms with Crippen LogP contribution in [0, 0.1) is 0 Å². The SMILES string of the molecule is CCCCn1nc(C(=O)N2CCCCC2c2nc3ccccc3s2)ccc1=O. The molecule has 0 aliphatic carbocycles. The number of hydrogen-bond donors (Lipinski definition) is 0. The standard InChI is InChI=1S/C21H24N4O2S/c1-2-3-14-25-19(26)12-11-16(23-25)21(27)24-13-7-6-9-17(24)20-22-15-8-4-5-10-18(15)28-20/h4-5,8,10-12,17H,2-3,6-7,9,13-14H2,1H3. The molecular weight excluding hydrogens is 372 g/mol. The Hall–Kier alpha value is -2.54. The van der Waals surface area contributed by atoms with Crippen LogP contribution in [0.4, 0.5) is 0 Å². The number of carbonyl (C=O) groups is 1. The number of fused-ring (bicyclic) bond motifs is 1. The molecule has 1 unspecified atom stereocenters. The summed E-state index contributed by atoms with van der Waals surface area (Å²) in [6.07, 6.45) is 4.79. The van der Waals surface area contributed by atoms with Crippen LogP contribution < -0.4 is 5.56 Å². The summed E-state index contributed by atoms with van der Waals surface area (Å²) in [4.78, 5) is 32.0. The topological polar surface area (TPSA) is 68.1 Å². The summed E-state index contributed by atoms with van der Waals surface area (Å²) in [6, 6.07) is 11.0. The van der Waals surface area contributed by atoms with E-state index in [1.165, 1.54) is 10.7 Å². The second kappa shape index (κ2) is 8.22. The van der Waals surface area contributed by atoms with Crippen LogP contribution in [0.3, 0.4) is 0 Å². The van der Waals surface area contributed by atoms with Crippen molar-refractivity contribution >= 4 is 27.5 Å². The monoisotopic (exact) mass is 396 g/mol. The number of thiazole rings is 1. The van der Waals surface area contributed by atoms with Crippen molar-refractivity contribution in [3.8, 4) is 0 Å². The van der Waals surface area contributed by atoms with E-state index in [9.17, 15) is 9.59 Å². The molecule has 6 nitrogen and oxygen atoms in total. The van der Waals surface area contributed by atoms with Crippen LogP contribution in [-0.4, -0.2) is 32.1 Å². The molecule has 0 N–H and O–H groups in total. The van der Waals surface area contributed by atoms with E-state index in [2.05, 4.69) is 18.1 Å². The Labute approximate surface area is 167 Å². The van der Waals surface area contributed by atoms with Crippen LogP contribution in [0.5, 0.6) is 0 Å². The molecule has 0 bridgehead atoms. The molecule has 4 rings (SSSR count). The first-order valence-electron chi connectivity index (χ1n) is 9.92. The average molecular weight is 397 g/mol. The number of benzene rings is 1. The summed E-state index contributed by atoms with van der Waals surface area (Å²) < 4.78 is 2.55. The minimum Gasteiger partial charge on any atom is -0.328 e. The number of hydrogen-bond acceptors (Lipinski definition) is 5. The lowest BCUT2D eigenvalue weighted by atomic mass is 10.0. The Morgan fingerprint density at radius 1 is 1.21 bits per heavy atom. The lowest BCUT2D eigenvalue weighted by Crippen LogP contribution is -2.39. The molecule has 3 heterocycles. The maximum atomic E-state index is 13.3. The van der Waals surface area contributed by atoms with Gasteiger partial charge in [0.1, 0.15) is 10.7 Å². The van der Waals surface area contributed by atoms with Gasteiger partial charge in [-0.2, -0.15) is 5.10 Å². The Kier molecular flexibility index (Phi) is 5.52. The van der Waals surface area contributed by atoms with Crippen LogP contribution in [0.2, 0.25) is 0 Å². The van der Waals surface area contributed by atoms with Crippen LogP contribution >= 0.6 is 11.3 Å². The summed E-state index contributed by atoms with van der Waals surface area (Å²) in [5.74, 6) is -0.116. The third-order valence-electron chi connectivity index (χ3n) is 5.17. The highest BCUT2D eigenvalue weighted by molar-refractivity contribution is 7.18. The van der Waals surface area contributed by atoms with E-state index < -0.39 is 0 Å². The zero-order valence-electron chi connectivity index (χ0n) is 16.0. The molecule has 1 amide bonds. The lowest BCUT2D eigenvalue weighted by Gasteiger charge is -2.34. The summed E-state index contributed by atoms with van der Waals surface area (Å²) in [5, 5.41) is 5.33. The minimum atomic E-state index is -0.161. The molecule has 28 heavy (non-hydrogen) atoms. The molecule has 1 fully saturated rings. The van der Waals surface area contributed by atoms with E-state index in [1.54, 1.807) is 17.4 Å². The first-order chi connectivity index (χ1) is 13.7. The molecular formula is C21H24N4O2S. The molecule has 0 saturated carbocycles. The second-order valence-electron chi connectivity index (χ2n) is 7.16. The largest absolute Gasteiger partial charge is 0.328 e. The van der Waals surface area contributed by atoms with Crippen LogP contribution in [0.1, 0.15) is 60.6 Å². The first-order valence-corrected chi connectivity index (χ1v) is 10.7. The van der Waals surface area contributed by atoms with E-state index in [4.69, 9.17) is 4.98 Å². The van der Waals surface area contributed by atoms with Gasteiger partial charge < -0.3 is 4.90 Å². The van der Waals surface area contributed by atoms with E-state index in [0.717, 1.165) is 47.3 Å². The van der Waals surface area contributed by atoms with Gasteiger partial charge in [0.2, 0.25) is 0 Å². The number of nitrogens with zero attached hydrogens (tertiary/aromatic N) is 4. The smallest absolute Gasteiger partial charge is 0.274 e. The molecule has 0 spiro atoms. The number of amides is 1. The van der Waals surface area contributed by atoms with Crippen molar-refractivity contribution in [2.45, 2.75) is 51.6 Å². The number of para-hydroxylation sites is 1. The highest BCUT2D eigenvalue weighted by Gasteiger charge is 2.31. The summed E-state index contributed by atoms with van der Waals surface area (Å²) in [7, 11) is 0. The van der Waals surface area contributed by atoms with Gasteiger partial charge in [-0.05, 0) is 43.9 Å². The minimum absolute atomic E-state index is 0.0310. The fraction of sp³-hybridized carbons (Fsp3) is 0.429. The fourth-order valence-corrected chi connectivity index (χ4v) is 4.76. The fourth-order valence-electron chi connectivity index (χ4n) is 3.64. The predicted octanol–water partition coefficient (Wildman–Crippen LogP) is 4.02. The molecule has 146 valence electrons. The van der Waals surface area contributed by atoms with E-state index in [0.29, 0.717) is 18.8 Å². The maximum absolute atomic E-state index is 13.3. The van der Waals surface area contributed by atoms with Gasteiger partial charge >= 0.3 is 0 Å². The van der Waals surface area contributed by atoms with Gasteiger partial charge in [-0.15, -0.1) is 11.3 Å². The zero-order chi connectivity index (χ0) is 19.5. The van der Waals surface area contributed by atoms with E-state index in [-0.39, 0.29) is 17.5 Å². The first kappa shape index (κ1) is 18.8. The molecule has 7 heteroatoms. The Bertz CT molecular complexity index is 1010. The Morgan fingerprint density at radius 2 is 2.07 bits per heavy atom. The summed E-state index contributed by atoms with van der Waals surface area (Å²) in [6.45, 7) is 3.29. The van der Waals surface area contributed by atoms with Crippen molar-refractivity contribution in [1.29, 1.82) is 0 Å². The third kappa shape index (κ3) is 3.71. The number of rotatable bonds is 5. The average Bonchev–Trinajstić information content (AvgIpc) is 3.17. The van der Waals surface area contributed by atoms with Crippen molar-refractivity contribution in [2.24, 2.45) is 0 Å². The molecule has 1 saturated heterocycles. The van der Waals surface area contributed by atoms with Gasteiger partial charge in [-0.1, -0.05) is 25.5 Å². The molecule has 1 aromatic carbocycles. The normalized spacial score (nSPS) is 17.2. The van der Waals surface area contributed by atoms with Gasteiger partial charge in [-0.3, -0.25) is 9.59 Å². The molecule has 1 atom stereocenters. The number of carbonyl (C=O) groups excluding carboxylic acids is 1. The van der Waals surface area contributed by atoms with Crippen LogP contribution in [-0.2, 0) is 6.54 Å². The van der Waals surface area contributed by atoms with Gasteiger partial charge in [-0.25, -0.2) is 9.67 Å². The van der Waals surface area contributed by atoms with E-state index >= 15 is 0 Å². The highest BCUT2D eigenvalue weighted by atomic mass is 32.1. The molecule has 2 aromatic heterocycles. The molecule has 3 aromatic rings. The number of likely N-dealkylation sites (tertiary alicyclic amines) is 1. The lowest BCUT2D eigenvalue weighted by molar-refractivity contribution is 0.0602.